The average Bonchev–Trinajstić information content (AvgIpc) is 2.82. The minimum atomic E-state index is 0.804. The van der Waals surface area contributed by atoms with Gasteiger partial charge in [-0.15, -0.1) is 0 Å². The van der Waals surface area contributed by atoms with Crippen LogP contribution in [0.4, 0.5) is 0 Å². The first kappa shape index (κ1) is 9.90. The standard InChI is InChI=1S/C14H11NO2/c1-16-11-6-4-10(5-7-11)14-9-12-13(17-14)3-2-8-15-12/h2-9H,1H3. The highest BCUT2D eigenvalue weighted by Gasteiger charge is 2.06. The Bertz CT molecular complexity index is 608. The largest absolute Gasteiger partial charge is 0.497 e. The zero-order valence-electron chi connectivity index (χ0n) is 9.38. The summed E-state index contributed by atoms with van der Waals surface area (Å²) in [5, 5.41) is 0. The number of hydrogen-bond donors (Lipinski definition) is 0. The van der Waals surface area contributed by atoms with Gasteiger partial charge < -0.3 is 9.15 Å². The van der Waals surface area contributed by atoms with Gasteiger partial charge in [0.2, 0.25) is 0 Å². The monoisotopic (exact) mass is 225 g/mol. The predicted octanol–water partition coefficient (Wildman–Crippen LogP) is 3.50. The summed E-state index contributed by atoms with van der Waals surface area (Å²) in [6, 6.07) is 13.5. The van der Waals surface area contributed by atoms with Crippen molar-refractivity contribution in [2.45, 2.75) is 0 Å². The van der Waals surface area contributed by atoms with E-state index in [9.17, 15) is 0 Å². The maximum Gasteiger partial charge on any atom is 0.153 e. The lowest BCUT2D eigenvalue weighted by atomic mass is 10.1. The minimum absolute atomic E-state index is 0.804. The zero-order valence-corrected chi connectivity index (χ0v) is 9.38. The number of methoxy groups -OCH3 is 1. The van der Waals surface area contributed by atoms with Crippen molar-refractivity contribution in [1.82, 2.24) is 4.98 Å². The lowest BCUT2D eigenvalue weighted by Gasteiger charge is -2.00. The van der Waals surface area contributed by atoms with Crippen molar-refractivity contribution in [1.29, 1.82) is 0 Å². The first-order chi connectivity index (χ1) is 8.36. The molecule has 3 nitrogen and oxygen atoms in total. The summed E-state index contributed by atoms with van der Waals surface area (Å²) < 4.78 is 10.8. The molecule has 0 aliphatic heterocycles. The second-order valence-corrected chi connectivity index (χ2v) is 3.73. The highest BCUT2D eigenvalue weighted by atomic mass is 16.5. The fraction of sp³-hybridized carbons (Fsp3) is 0.0714. The van der Waals surface area contributed by atoms with Gasteiger partial charge in [-0.1, -0.05) is 0 Å². The van der Waals surface area contributed by atoms with Crippen LogP contribution in [-0.4, -0.2) is 12.1 Å². The number of ether oxygens (including phenoxy) is 1. The fourth-order valence-corrected chi connectivity index (χ4v) is 1.77. The van der Waals surface area contributed by atoms with Crippen LogP contribution in [0.2, 0.25) is 0 Å². The smallest absolute Gasteiger partial charge is 0.153 e. The molecule has 84 valence electrons. The number of benzene rings is 1. The molecule has 0 saturated carbocycles. The molecule has 0 spiro atoms. The molecule has 0 amide bonds. The van der Waals surface area contributed by atoms with Gasteiger partial charge in [0, 0.05) is 17.8 Å². The molecule has 0 saturated heterocycles. The molecule has 3 rings (SSSR count). The fourth-order valence-electron chi connectivity index (χ4n) is 1.77. The topological polar surface area (TPSA) is 35.3 Å². The number of aromatic nitrogens is 1. The lowest BCUT2D eigenvalue weighted by Crippen LogP contribution is -1.81. The van der Waals surface area contributed by atoms with Gasteiger partial charge in [-0.2, -0.15) is 0 Å². The predicted molar refractivity (Wildman–Crippen MR) is 66.0 cm³/mol. The van der Waals surface area contributed by atoms with Gasteiger partial charge in [-0.05, 0) is 36.4 Å². The van der Waals surface area contributed by atoms with Crippen LogP contribution in [0.3, 0.4) is 0 Å². The van der Waals surface area contributed by atoms with E-state index in [4.69, 9.17) is 9.15 Å². The number of hydrogen-bond acceptors (Lipinski definition) is 3. The molecular weight excluding hydrogens is 214 g/mol. The molecule has 0 aliphatic carbocycles. The number of fused-ring (bicyclic) bond motifs is 1. The number of furan rings is 1. The zero-order chi connectivity index (χ0) is 11.7. The Kier molecular flexibility index (Phi) is 2.29. The number of nitrogens with zero attached hydrogens (tertiary/aromatic N) is 1. The van der Waals surface area contributed by atoms with Crippen molar-refractivity contribution in [3.8, 4) is 17.1 Å². The number of pyridine rings is 1. The van der Waals surface area contributed by atoms with Crippen molar-refractivity contribution in [2.24, 2.45) is 0 Å². The van der Waals surface area contributed by atoms with Crippen LogP contribution < -0.4 is 4.74 Å². The van der Waals surface area contributed by atoms with Gasteiger partial charge in [0.15, 0.2) is 5.58 Å². The van der Waals surface area contributed by atoms with E-state index in [1.54, 1.807) is 13.3 Å². The molecule has 0 bridgehead atoms. The van der Waals surface area contributed by atoms with Gasteiger partial charge in [-0.25, -0.2) is 0 Å². The first-order valence-corrected chi connectivity index (χ1v) is 5.36. The first-order valence-electron chi connectivity index (χ1n) is 5.36. The summed E-state index contributed by atoms with van der Waals surface area (Å²) in [6.07, 6.45) is 1.76. The molecule has 3 heteroatoms. The molecule has 17 heavy (non-hydrogen) atoms. The van der Waals surface area contributed by atoms with Crippen LogP contribution in [0.1, 0.15) is 0 Å². The lowest BCUT2D eigenvalue weighted by molar-refractivity contribution is 0.415. The molecule has 2 heterocycles. The number of rotatable bonds is 2. The van der Waals surface area contributed by atoms with E-state index in [2.05, 4.69) is 4.98 Å². The van der Waals surface area contributed by atoms with E-state index >= 15 is 0 Å². The molecule has 3 aromatic rings. The molecule has 0 fully saturated rings. The highest BCUT2D eigenvalue weighted by molar-refractivity contribution is 5.79. The Morgan fingerprint density at radius 1 is 1.12 bits per heavy atom. The van der Waals surface area contributed by atoms with Crippen LogP contribution in [0, 0.1) is 0 Å². The summed E-state index contributed by atoms with van der Waals surface area (Å²) >= 11 is 0. The van der Waals surface area contributed by atoms with Crippen molar-refractivity contribution < 1.29 is 9.15 Å². The Balaban J connectivity index is 2.07. The molecule has 1 aromatic carbocycles. The van der Waals surface area contributed by atoms with Gasteiger partial charge in [-0.3, -0.25) is 4.98 Å². The van der Waals surface area contributed by atoms with Crippen LogP contribution in [0.25, 0.3) is 22.4 Å². The average molecular weight is 225 g/mol. The quantitative estimate of drug-likeness (QED) is 0.669. The van der Waals surface area contributed by atoms with E-state index in [1.165, 1.54) is 0 Å². The molecule has 0 atom stereocenters. The van der Waals surface area contributed by atoms with Gasteiger partial charge in [0.25, 0.3) is 0 Å². The Morgan fingerprint density at radius 3 is 2.65 bits per heavy atom. The van der Waals surface area contributed by atoms with Crippen LogP contribution in [0.5, 0.6) is 5.75 Å². The highest BCUT2D eigenvalue weighted by Crippen LogP contribution is 2.27. The van der Waals surface area contributed by atoms with Crippen molar-refractivity contribution in [3.05, 3.63) is 48.7 Å². The third kappa shape index (κ3) is 1.76. The van der Waals surface area contributed by atoms with E-state index in [1.807, 2.05) is 42.5 Å². The van der Waals surface area contributed by atoms with Crippen molar-refractivity contribution in [3.63, 3.8) is 0 Å². The van der Waals surface area contributed by atoms with E-state index < -0.39 is 0 Å². The van der Waals surface area contributed by atoms with Crippen molar-refractivity contribution in [2.75, 3.05) is 7.11 Å². The minimum Gasteiger partial charge on any atom is -0.497 e. The summed E-state index contributed by atoms with van der Waals surface area (Å²) in [7, 11) is 1.65. The van der Waals surface area contributed by atoms with Gasteiger partial charge in [0.05, 0.1) is 7.11 Å². The Morgan fingerprint density at radius 2 is 1.94 bits per heavy atom. The summed E-state index contributed by atoms with van der Waals surface area (Å²) in [5.41, 5.74) is 2.69. The molecule has 0 radical (unpaired) electrons. The van der Waals surface area contributed by atoms with E-state index in [-0.39, 0.29) is 0 Å². The SMILES string of the molecule is COc1ccc(-c2cc3ncccc3o2)cc1. The summed E-state index contributed by atoms with van der Waals surface area (Å²) in [4.78, 5) is 4.24. The Hall–Kier alpha value is -2.29. The van der Waals surface area contributed by atoms with Gasteiger partial charge >= 0.3 is 0 Å². The molecule has 0 N–H and O–H groups in total. The molecule has 0 aliphatic rings. The molecular formula is C14H11NO2. The maximum atomic E-state index is 5.72. The second-order valence-electron chi connectivity index (χ2n) is 3.73. The molecule has 0 unspecified atom stereocenters. The van der Waals surface area contributed by atoms with Crippen LogP contribution >= 0.6 is 0 Å². The maximum absolute atomic E-state index is 5.72. The second kappa shape index (κ2) is 3.94. The van der Waals surface area contributed by atoms with Crippen LogP contribution in [-0.2, 0) is 0 Å². The third-order valence-corrected chi connectivity index (χ3v) is 2.66. The summed E-state index contributed by atoms with van der Waals surface area (Å²) in [6.45, 7) is 0. The Labute approximate surface area is 98.7 Å². The summed E-state index contributed by atoms with van der Waals surface area (Å²) in [5.74, 6) is 1.66. The molecule has 2 aromatic heterocycles. The third-order valence-electron chi connectivity index (χ3n) is 2.66. The van der Waals surface area contributed by atoms with Crippen LogP contribution in [0.15, 0.2) is 53.1 Å². The van der Waals surface area contributed by atoms with Crippen molar-refractivity contribution >= 4 is 11.1 Å². The van der Waals surface area contributed by atoms with E-state index in [0.717, 1.165) is 28.2 Å². The normalized spacial score (nSPS) is 10.6. The van der Waals surface area contributed by atoms with E-state index in [0.29, 0.717) is 0 Å². The van der Waals surface area contributed by atoms with Gasteiger partial charge in [0.1, 0.15) is 17.0 Å².